The van der Waals surface area contributed by atoms with E-state index in [2.05, 4.69) is 11.1 Å². The van der Waals surface area contributed by atoms with Crippen molar-refractivity contribution in [2.75, 3.05) is 0 Å². The Morgan fingerprint density at radius 2 is 1.95 bits per heavy atom. The van der Waals surface area contributed by atoms with E-state index in [-0.39, 0.29) is 17.1 Å². The van der Waals surface area contributed by atoms with Gasteiger partial charge in [0.2, 0.25) is 0 Å². The predicted molar refractivity (Wildman–Crippen MR) is 77.1 cm³/mol. The second-order valence-electron chi connectivity index (χ2n) is 4.61. The molecular formula is C16H10FN3O. The van der Waals surface area contributed by atoms with Gasteiger partial charge < -0.3 is 4.57 Å². The highest BCUT2D eigenvalue weighted by Crippen LogP contribution is 2.29. The van der Waals surface area contributed by atoms with Crippen LogP contribution in [0.15, 0.2) is 47.4 Å². The Bertz CT molecular complexity index is 937. The van der Waals surface area contributed by atoms with Crippen LogP contribution in [0.1, 0.15) is 5.69 Å². The van der Waals surface area contributed by atoms with Crippen molar-refractivity contribution in [3.05, 3.63) is 64.5 Å². The van der Waals surface area contributed by atoms with Gasteiger partial charge in [0.1, 0.15) is 23.1 Å². The fourth-order valence-corrected chi connectivity index (χ4v) is 2.37. The fraction of sp³-hybridized carbons (Fsp3) is 0.0625. The first-order chi connectivity index (χ1) is 10.1. The van der Waals surface area contributed by atoms with Crippen LogP contribution in [0.3, 0.4) is 0 Å². The summed E-state index contributed by atoms with van der Waals surface area (Å²) < 4.78 is 14.4. The molecule has 0 N–H and O–H groups in total. The standard InChI is InChI=1S/C16H10FN3O/c1-20-13(9-18)14(10-4-6-11(17)7-5-10)12-3-2-8-19-15(12)16(20)21/h2-8H,1H3. The molecule has 3 rings (SSSR count). The van der Waals surface area contributed by atoms with Crippen LogP contribution >= 0.6 is 0 Å². The Balaban J connectivity index is 2.51. The van der Waals surface area contributed by atoms with Gasteiger partial charge in [-0.3, -0.25) is 9.78 Å². The first kappa shape index (κ1) is 13.0. The van der Waals surface area contributed by atoms with E-state index in [0.29, 0.717) is 22.0 Å². The molecule has 5 heteroatoms. The molecule has 3 aromatic rings. The van der Waals surface area contributed by atoms with Gasteiger partial charge in [-0.2, -0.15) is 5.26 Å². The highest BCUT2D eigenvalue weighted by atomic mass is 19.1. The van der Waals surface area contributed by atoms with Gasteiger partial charge in [0.25, 0.3) is 5.56 Å². The molecule has 0 spiro atoms. The van der Waals surface area contributed by atoms with Crippen molar-refractivity contribution in [3.8, 4) is 17.2 Å². The number of halogens is 1. The summed E-state index contributed by atoms with van der Waals surface area (Å²) in [5, 5.41) is 9.98. The van der Waals surface area contributed by atoms with Gasteiger partial charge in [0, 0.05) is 24.2 Å². The van der Waals surface area contributed by atoms with E-state index < -0.39 is 0 Å². The Morgan fingerprint density at radius 3 is 2.62 bits per heavy atom. The van der Waals surface area contributed by atoms with E-state index in [1.807, 2.05) is 0 Å². The van der Waals surface area contributed by atoms with Gasteiger partial charge in [0.05, 0.1) is 0 Å². The van der Waals surface area contributed by atoms with Crippen molar-refractivity contribution >= 4 is 10.9 Å². The molecule has 0 aliphatic rings. The molecular weight excluding hydrogens is 269 g/mol. The molecule has 0 fully saturated rings. The van der Waals surface area contributed by atoms with Crippen molar-refractivity contribution in [1.29, 1.82) is 5.26 Å². The third-order valence-corrected chi connectivity index (χ3v) is 3.40. The number of hydrogen-bond donors (Lipinski definition) is 0. The summed E-state index contributed by atoms with van der Waals surface area (Å²) in [6.45, 7) is 0. The summed E-state index contributed by atoms with van der Waals surface area (Å²) in [6, 6.07) is 11.3. The molecule has 0 aliphatic carbocycles. The molecule has 4 nitrogen and oxygen atoms in total. The molecule has 0 saturated heterocycles. The Kier molecular flexibility index (Phi) is 2.99. The molecule has 0 amide bonds. The van der Waals surface area contributed by atoms with E-state index in [1.54, 1.807) is 24.3 Å². The van der Waals surface area contributed by atoms with E-state index in [1.165, 1.54) is 29.9 Å². The predicted octanol–water partition coefficient (Wildman–Crippen LogP) is 2.61. The van der Waals surface area contributed by atoms with E-state index in [0.717, 1.165) is 0 Å². The summed E-state index contributed by atoms with van der Waals surface area (Å²) in [7, 11) is 1.53. The minimum atomic E-state index is -0.357. The molecule has 0 bridgehead atoms. The fourth-order valence-electron chi connectivity index (χ4n) is 2.37. The largest absolute Gasteiger partial charge is 0.301 e. The Morgan fingerprint density at radius 1 is 1.24 bits per heavy atom. The van der Waals surface area contributed by atoms with Crippen LogP contribution < -0.4 is 5.56 Å². The second-order valence-corrected chi connectivity index (χ2v) is 4.61. The van der Waals surface area contributed by atoms with Crippen molar-refractivity contribution < 1.29 is 4.39 Å². The molecule has 0 unspecified atom stereocenters. The number of nitrogens with zero attached hydrogens (tertiary/aromatic N) is 3. The number of hydrogen-bond acceptors (Lipinski definition) is 3. The van der Waals surface area contributed by atoms with Gasteiger partial charge in [0.15, 0.2) is 0 Å². The maximum Gasteiger partial charge on any atom is 0.277 e. The smallest absolute Gasteiger partial charge is 0.277 e. The van der Waals surface area contributed by atoms with Gasteiger partial charge in [-0.05, 0) is 23.8 Å². The second kappa shape index (κ2) is 4.84. The number of nitriles is 1. The van der Waals surface area contributed by atoms with Crippen LogP contribution in [-0.2, 0) is 7.05 Å². The first-order valence-corrected chi connectivity index (χ1v) is 6.27. The SMILES string of the molecule is Cn1c(C#N)c(-c2ccc(F)cc2)c2cccnc2c1=O. The van der Waals surface area contributed by atoms with Crippen molar-refractivity contribution in [2.45, 2.75) is 0 Å². The molecule has 2 heterocycles. The summed E-state index contributed by atoms with van der Waals surface area (Å²) in [4.78, 5) is 16.3. The lowest BCUT2D eigenvalue weighted by Crippen LogP contribution is -2.21. The number of aromatic nitrogens is 2. The highest BCUT2D eigenvalue weighted by molar-refractivity contribution is 5.96. The van der Waals surface area contributed by atoms with Crippen molar-refractivity contribution in [1.82, 2.24) is 9.55 Å². The van der Waals surface area contributed by atoms with Crippen molar-refractivity contribution in [3.63, 3.8) is 0 Å². The highest BCUT2D eigenvalue weighted by Gasteiger charge is 2.16. The zero-order valence-electron chi connectivity index (χ0n) is 11.2. The lowest BCUT2D eigenvalue weighted by Gasteiger charge is -2.12. The average Bonchev–Trinajstić information content (AvgIpc) is 2.52. The molecule has 1 aromatic carbocycles. The summed E-state index contributed by atoms with van der Waals surface area (Å²) in [5.74, 6) is -0.357. The van der Waals surface area contributed by atoms with Crippen LogP contribution in [-0.4, -0.2) is 9.55 Å². The molecule has 0 aliphatic heterocycles. The summed E-state index contributed by atoms with van der Waals surface area (Å²) in [6.07, 6.45) is 1.53. The first-order valence-electron chi connectivity index (χ1n) is 6.27. The van der Waals surface area contributed by atoms with Gasteiger partial charge in [-0.25, -0.2) is 4.39 Å². The van der Waals surface area contributed by atoms with E-state index in [4.69, 9.17) is 0 Å². The topological polar surface area (TPSA) is 58.7 Å². The van der Waals surface area contributed by atoms with Crippen LogP contribution in [0, 0.1) is 17.1 Å². The third kappa shape index (κ3) is 1.98. The van der Waals surface area contributed by atoms with Crippen molar-refractivity contribution in [2.24, 2.45) is 7.05 Å². The maximum absolute atomic E-state index is 13.1. The monoisotopic (exact) mass is 279 g/mol. The number of pyridine rings is 2. The van der Waals surface area contributed by atoms with Crippen LogP contribution in [0.5, 0.6) is 0 Å². The molecule has 21 heavy (non-hydrogen) atoms. The summed E-state index contributed by atoms with van der Waals surface area (Å²) in [5.41, 5.74) is 1.45. The van der Waals surface area contributed by atoms with E-state index >= 15 is 0 Å². The Labute approximate surface area is 119 Å². The number of benzene rings is 1. The number of rotatable bonds is 1. The molecule has 0 atom stereocenters. The van der Waals surface area contributed by atoms with E-state index in [9.17, 15) is 14.4 Å². The van der Waals surface area contributed by atoms with Gasteiger partial charge in [-0.15, -0.1) is 0 Å². The normalized spacial score (nSPS) is 10.5. The van der Waals surface area contributed by atoms with Gasteiger partial charge >= 0.3 is 0 Å². The number of fused-ring (bicyclic) bond motifs is 1. The Hall–Kier alpha value is -3.00. The van der Waals surface area contributed by atoms with Crippen LogP contribution in [0.25, 0.3) is 22.0 Å². The summed E-state index contributed by atoms with van der Waals surface area (Å²) >= 11 is 0. The average molecular weight is 279 g/mol. The maximum atomic E-state index is 13.1. The lowest BCUT2D eigenvalue weighted by molar-refractivity contribution is 0.628. The van der Waals surface area contributed by atoms with Crippen LogP contribution in [0.4, 0.5) is 4.39 Å². The lowest BCUT2D eigenvalue weighted by atomic mass is 9.99. The molecule has 102 valence electrons. The van der Waals surface area contributed by atoms with Gasteiger partial charge in [-0.1, -0.05) is 18.2 Å². The minimum Gasteiger partial charge on any atom is -0.301 e. The zero-order valence-corrected chi connectivity index (χ0v) is 11.2. The molecule has 0 saturated carbocycles. The quantitative estimate of drug-likeness (QED) is 0.688. The van der Waals surface area contributed by atoms with Crippen LogP contribution in [0.2, 0.25) is 0 Å². The third-order valence-electron chi connectivity index (χ3n) is 3.40. The molecule has 2 aromatic heterocycles. The minimum absolute atomic E-state index is 0.229. The zero-order chi connectivity index (χ0) is 15.0. The molecule has 0 radical (unpaired) electrons.